The molecule has 37 nitrogen and oxygen atoms in total. The van der Waals surface area contributed by atoms with E-state index in [4.69, 9.17) is 66.3 Å². The van der Waals surface area contributed by atoms with Crippen LogP contribution < -0.4 is 21.3 Å². The van der Waals surface area contributed by atoms with Gasteiger partial charge in [0.05, 0.1) is 39.6 Å². The minimum absolute atomic E-state index is 0.0154. The van der Waals surface area contributed by atoms with Crippen LogP contribution in [0.15, 0.2) is 12.2 Å². The van der Waals surface area contributed by atoms with Crippen LogP contribution in [-0.4, -0.2) is 338 Å². The number of hydrogen-bond donors (Lipinski definition) is 14. The number of ether oxygens (including phenoxy) is 14. The standard InChI is InChI=1S/C66H105N5O32/c1-5-92-61(88)37(21-14-16-26-67-43(72)23-13-10-18-28-71-47(76)24-25-48(71)77)69-45(74)34-95-59-51(80)41(100-63(91-4)57(59)86)31-97-65-56(85)54(83)50(79)40(102-65)30-99-66-58(87)60(52(81)42(103-66)32-98-64-55(84)53(82)49(78)39(101-64)29-90-3)96-35-46(75)70-38(62(89)93-6-2)22-15-17-27-68-44(73)33-94-36-19-11-8-7-9-12-20-36/h24-25,36-42,49-60,63-66,78-87H,5-11,13-19,21-23,26-35H2,1-4H3,(H,67,72)(H,68,73)(H,69,74)(H,70,75)/t36?,37-,38+,39?,40?,41?,42?,49-,50-,51-,52-,53+,54+,55?,56?,57?,58?,59+,60+,63+,64-,65-,66+/m1/s1. The van der Waals surface area contributed by atoms with Gasteiger partial charge in [-0.05, 0) is 84.5 Å². The number of hydrogen-bond acceptors (Lipinski definition) is 32. The lowest BCUT2D eigenvalue weighted by Crippen LogP contribution is -2.63. The normalized spacial score (nSPS) is 32.3. The molecule has 9 unspecified atom stereocenters. The van der Waals surface area contributed by atoms with Crippen molar-refractivity contribution in [2.45, 2.75) is 251 Å². The Hall–Kier alpha value is -5.62. The van der Waals surface area contributed by atoms with E-state index in [9.17, 15) is 89.4 Å². The third-order valence-corrected chi connectivity index (χ3v) is 17.7. The molecular formula is C66H105N5O32. The summed E-state index contributed by atoms with van der Waals surface area (Å²) in [7, 11) is 2.44. The average molecular weight is 1480 g/mol. The lowest BCUT2D eigenvalue weighted by Gasteiger charge is -2.45. The van der Waals surface area contributed by atoms with Gasteiger partial charge in [0, 0.05) is 58.8 Å². The SMILES string of the molecule is CCOC(=O)[C@H](CCCCNC(=O)COC1C#CCCCCC1)NC(=O)CO[C@@H]1C(O)[C@@H](OCC2O[C@@H](OCC3O[C@H](OC)C(O)[C@@H](OCC(=O)N[C@H](CCCCNC(=O)CCCCCN4C(=O)C=CC4=O)C(=O)OCC)[C@@H]3O)C(O)[C@@H](O)[C@@H]2O)OC(CO[C@@H]2OC(COC)[C@@H](O)[C@H](O)C2O)[C@H]1O. The number of rotatable bonds is 43. The van der Waals surface area contributed by atoms with Crippen molar-refractivity contribution in [1.82, 2.24) is 26.2 Å². The van der Waals surface area contributed by atoms with Gasteiger partial charge in [0.1, 0.15) is 136 Å². The van der Waals surface area contributed by atoms with Crippen LogP contribution in [0, 0.1) is 11.8 Å². The van der Waals surface area contributed by atoms with Crippen molar-refractivity contribution < 1.29 is 156 Å². The van der Waals surface area contributed by atoms with Gasteiger partial charge in [0.25, 0.3) is 11.8 Å². The molecule has 6 amide bonds. The van der Waals surface area contributed by atoms with Gasteiger partial charge in [-0.3, -0.25) is 33.7 Å². The van der Waals surface area contributed by atoms with Crippen molar-refractivity contribution in [2.75, 3.05) is 93.3 Å². The summed E-state index contributed by atoms with van der Waals surface area (Å²) < 4.78 is 78.4. The first-order valence-electron chi connectivity index (χ1n) is 35.0. The van der Waals surface area contributed by atoms with E-state index in [0.717, 1.165) is 44.1 Å². The van der Waals surface area contributed by atoms with Gasteiger partial charge < -0.3 is 139 Å². The lowest BCUT2D eigenvalue weighted by atomic mass is 9.97. The number of methoxy groups -OCH3 is 2. The Bertz CT molecular complexity index is 2730. The minimum atomic E-state index is -2.04. The van der Waals surface area contributed by atoms with Crippen LogP contribution in [-0.2, 0) is 105 Å². The smallest absolute Gasteiger partial charge is 0.328 e. The van der Waals surface area contributed by atoms with Crippen molar-refractivity contribution in [3.05, 3.63) is 12.2 Å². The van der Waals surface area contributed by atoms with Crippen LogP contribution in [0.4, 0.5) is 0 Å². The molecule has 0 bridgehead atoms. The Morgan fingerprint density at radius 2 is 0.951 bits per heavy atom. The Balaban J connectivity index is 1.02. The van der Waals surface area contributed by atoms with Crippen LogP contribution >= 0.6 is 0 Å². The highest BCUT2D eigenvalue weighted by Gasteiger charge is 2.52. The zero-order valence-corrected chi connectivity index (χ0v) is 58.4. The summed E-state index contributed by atoms with van der Waals surface area (Å²) in [5.74, 6) is 1.47. The number of imide groups is 1. The zero-order valence-electron chi connectivity index (χ0n) is 58.4. The molecule has 5 heterocycles. The summed E-state index contributed by atoms with van der Waals surface area (Å²) >= 11 is 0. The maximum Gasteiger partial charge on any atom is 0.328 e. The molecule has 4 fully saturated rings. The van der Waals surface area contributed by atoms with Gasteiger partial charge in [0.15, 0.2) is 25.2 Å². The number of nitrogens with zero attached hydrogens (tertiary/aromatic N) is 1. The Morgan fingerprint density at radius 3 is 1.45 bits per heavy atom. The maximum absolute atomic E-state index is 13.6. The Morgan fingerprint density at radius 1 is 0.495 bits per heavy atom. The summed E-state index contributed by atoms with van der Waals surface area (Å²) in [4.78, 5) is 102. The zero-order chi connectivity index (χ0) is 75.1. The molecular weight excluding hydrogens is 1370 g/mol. The predicted octanol–water partition coefficient (Wildman–Crippen LogP) is -5.89. The second-order valence-electron chi connectivity index (χ2n) is 25.4. The molecule has 0 spiro atoms. The average Bonchev–Trinajstić information content (AvgIpc) is 1.22. The molecule has 14 N–H and O–H groups in total. The van der Waals surface area contributed by atoms with Crippen LogP contribution in [0.3, 0.4) is 0 Å². The largest absolute Gasteiger partial charge is 0.464 e. The highest BCUT2D eigenvalue weighted by molar-refractivity contribution is 6.12. The molecule has 6 aliphatic rings. The van der Waals surface area contributed by atoms with E-state index >= 15 is 0 Å². The monoisotopic (exact) mass is 1480 g/mol. The first kappa shape index (κ1) is 86.3. The van der Waals surface area contributed by atoms with E-state index in [0.29, 0.717) is 44.9 Å². The topological polar surface area (TPSA) is 519 Å². The fraction of sp³-hybridized carbons (Fsp3) is 0.818. The molecule has 0 aromatic heterocycles. The molecule has 0 saturated carbocycles. The Kier molecular flexibility index (Phi) is 37.8. The molecule has 4 saturated heterocycles. The van der Waals surface area contributed by atoms with Crippen molar-refractivity contribution in [3.63, 3.8) is 0 Å². The van der Waals surface area contributed by atoms with E-state index < -0.39 is 192 Å². The lowest BCUT2D eigenvalue weighted by molar-refractivity contribution is -0.349. The van der Waals surface area contributed by atoms with Crippen molar-refractivity contribution in [1.29, 1.82) is 0 Å². The van der Waals surface area contributed by atoms with E-state index in [1.807, 2.05) is 0 Å². The first-order chi connectivity index (χ1) is 49.4. The van der Waals surface area contributed by atoms with Gasteiger partial charge in [-0.1, -0.05) is 18.8 Å². The van der Waals surface area contributed by atoms with Gasteiger partial charge in [-0.2, -0.15) is 0 Å². The molecule has 5 aliphatic heterocycles. The molecule has 0 aromatic rings. The quantitative estimate of drug-likeness (QED) is 0.0117. The van der Waals surface area contributed by atoms with Gasteiger partial charge in [-0.15, -0.1) is 5.92 Å². The Labute approximate surface area is 596 Å². The molecule has 1 aliphatic carbocycles. The highest BCUT2D eigenvalue weighted by Crippen LogP contribution is 2.31. The van der Waals surface area contributed by atoms with Crippen molar-refractivity contribution in [2.24, 2.45) is 0 Å². The summed E-state index contributed by atoms with van der Waals surface area (Å²) in [6.07, 6.45) is -25.1. The van der Waals surface area contributed by atoms with E-state index in [2.05, 4.69) is 33.1 Å². The van der Waals surface area contributed by atoms with Gasteiger partial charge in [-0.25, -0.2) is 9.59 Å². The van der Waals surface area contributed by atoms with Crippen LogP contribution in [0.2, 0.25) is 0 Å². The summed E-state index contributed by atoms with van der Waals surface area (Å²) in [5.41, 5.74) is 0. The first-order valence-corrected chi connectivity index (χ1v) is 35.0. The number of unbranched alkanes of at least 4 members (excludes halogenated alkanes) is 4. The minimum Gasteiger partial charge on any atom is -0.464 e. The van der Waals surface area contributed by atoms with Gasteiger partial charge in [0.2, 0.25) is 23.6 Å². The molecule has 103 heavy (non-hydrogen) atoms. The number of esters is 2. The predicted molar refractivity (Wildman–Crippen MR) is 347 cm³/mol. The number of aliphatic hydroxyl groups excluding tert-OH is 10. The van der Waals surface area contributed by atoms with Crippen molar-refractivity contribution >= 4 is 47.4 Å². The van der Waals surface area contributed by atoms with Crippen LogP contribution in [0.25, 0.3) is 0 Å². The fourth-order valence-electron chi connectivity index (χ4n) is 11.9. The third-order valence-electron chi connectivity index (χ3n) is 17.7. The maximum atomic E-state index is 13.6. The van der Waals surface area contributed by atoms with Crippen LogP contribution in [0.1, 0.15) is 110 Å². The fourth-order valence-corrected chi connectivity index (χ4v) is 11.9. The number of aliphatic hydroxyl groups is 10. The van der Waals surface area contributed by atoms with E-state index in [-0.39, 0.29) is 95.1 Å². The summed E-state index contributed by atoms with van der Waals surface area (Å²) in [5, 5.41) is 122. The number of amides is 6. The molecule has 0 aromatic carbocycles. The summed E-state index contributed by atoms with van der Waals surface area (Å²) in [6, 6.07) is -2.38. The van der Waals surface area contributed by atoms with E-state index in [1.165, 1.54) is 19.3 Å². The molecule has 23 atom stereocenters. The molecule has 6 rings (SSSR count). The number of carbonyl (C=O) groups is 8. The second kappa shape index (κ2) is 45.1. The second-order valence-corrected chi connectivity index (χ2v) is 25.4. The van der Waals surface area contributed by atoms with Crippen LogP contribution in [0.5, 0.6) is 0 Å². The number of nitrogens with one attached hydrogen (secondary N) is 4. The summed E-state index contributed by atoms with van der Waals surface area (Å²) in [6.45, 7) is -0.666. The molecule has 0 radical (unpaired) electrons. The third kappa shape index (κ3) is 27.0. The molecule has 37 heteroatoms. The molecule has 586 valence electrons. The van der Waals surface area contributed by atoms with E-state index in [1.54, 1.807) is 13.8 Å². The van der Waals surface area contributed by atoms with Crippen molar-refractivity contribution in [3.8, 4) is 11.8 Å². The highest BCUT2D eigenvalue weighted by atomic mass is 16.8. The van der Waals surface area contributed by atoms with Gasteiger partial charge >= 0.3 is 11.9 Å². The number of carbonyl (C=O) groups excluding carboxylic acids is 8.